The molecular formula is C16H26O2. The third-order valence-corrected chi connectivity index (χ3v) is 4.48. The van der Waals surface area contributed by atoms with Crippen LogP contribution in [0, 0.1) is 11.8 Å². The molecule has 2 nitrogen and oxygen atoms in total. The summed E-state index contributed by atoms with van der Waals surface area (Å²) in [4.78, 5) is 12.5. The number of ketones is 1. The molecule has 18 heavy (non-hydrogen) atoms. The van der Waals surface area contributed by atoms with E-state index in [0.29, 0.717) is 11.7 Å². The van der Waals surface area contributed by atoms with Crippen LogP contribution in [0.15, 0.2) is 12.2 Å². The van der Waals surface area contributed by atoms with E-state index in [1.54, 1.807) is 0 Å². The van der Waals surface area contributed by atoms with Crippen molar-refractivity contribution in [3.05, 3.63) is 12.2 Å². The van der Waals surface area contributed by atoms with Crippen molar-refractivity contribution < 1.29 is 9.53 Å². The fraction of sp³-hybridized carbons (Fsp3) is 0.812. The zero-order valence-electron chi connectivity index (χ0n) is 11.8. The normalized spacial score (nSPS) is 34.2. The van der Waals surface area contributed by atoms with Gasteiger partial charge in [0.15, 0.2) is 5.78 Å². The third kappa shape index (κ3) is 2.27. The van der Waals surface area contributed by atoms with Crippen LogP contribution < -0.4 is 0 Å². The molecule has 0 radical (unpaired) electrons. The van der Waals surface area contributed by atoms with E-state index in [0.717, 1.165) is 45.1 Å². The van der Waals surface area contributed by atoms with E-state index in [1.807, 2.05) is 0 Å². The fourth-order valence-corrected chi connectivity index (χ4v) is 3.36. The maximum absolute atomic E-state index is 12.5. The summed E-state index contributed by atoms with van der Waals surface area (Å²) < 4.78 is 6.03. The Hall–Kier alpha value is -0.630. The van der Waals surface area contributed by atoms with Crippen LogP contribution >= 0.6 is 0 Å². The Morgan fingerprint density at radius 1 is 1.33 bits per heavy atom. The van der Waals surface area contributed by atoms with Gasteiger partial charge in [-0.2, -0.15) is 0 Å². The van der Waals surface area contributed by atoms with Gasteiger partial charge in [0.05, 0.1) is 0 Å². The zero-order chi connectivity index (χ0) is 13.0. The van der Waals surface area contributed by atoms with Gasteiger partial charge >= 0.3 is 0 Å². The number of allylic oxidation sites excluding steroid dienone is 1. The van der Waals surface area contributed by atoms with Crippen molar-refractivity contribution in [3.8, 4) is 0 Å². The first-order chi connectivity index (χ1) is 8.76. The third-order valence-electron chi connectivity index (χ3n) is 4.48. The number of rotatable bonds is 7. The molecule has 2 rings (SSSR count). The summed E-state index contributed by atoms with van der Waals surface area (Å²) in [7, 11) is 0. The number of unbranched alkanes of at least 4 members (excludes halogenated alkanes) is 2. The van der Waals surface area contributed by atoms with Crippen molar-refractivity contribution in [2.75, 3.05) is 6.61 Å². The van der Waals surface area contributed by atoms with Crippen LogP contribution in [0.1, 0.15) is 58.8 Å². The predicted molar refractivity (Wildman–Crippen MR) is 73.5 cm³/mol. The summed E-state index contributed by atoms with van der Waals surface area (Å²) in [5, 5.41) is 0. The number of carbonyl (C=O) groups is 1. The number of fused-ring (bicyclic) bond motifs is 1. The van der Waals surface area contributed by atoms with E-state index in [2.05, 4.69) is 26.0 Å². The van der Waals surface area contributed by atoms with Gasteiger partial charge in [-0.3, -0.25) is 4.79 Å². The molecule has 102 valence electrons. The minimum absolute atomic E-state index is 0.239. The summed E-state index contributed by atoms with van der Waals surface area (Å²) >= 11 is 0. The van der Waals surface area contributed by atoms with Crippen molar-refractivity contribution >= 4 is 5.78 Å². The minimum Gasteiger partial charge on any atom is -0.367 e. The molecule has 2 aliphatic carbocycles. The molecule has 2 heteroatoms. The summed E-state index contributed by atoms with van der Waals surface area (Å²) in [5.41, 5.74) is -0.428. The molecule has 1 saturated carbocycles. The first-order valence-corrected chi connectivity index (χ1v) is 7.61. The Kier molecular flexibility index (Phi) is 4.60. The minimum atomic E-state index is -0.428. The molecular weight excluding hydrogens is 224 g/mol. The van der Waals surface area contributed by atoms with Gasteiger partial charge in [0.25, 0.3) is 0 Å². The van der Waals surface area contributed by atoms with Crippen LogP contribution in [-0.2, 0) is 9.53 Å². The molecule has 0 saturated heterocycles. The van der Waals surface area contributed by atoms with Crippen molar-refractivity contribution in [1.82, 2.24) is 0 Å². The molecule has 3 atom stereocenters. The Bertz CT molecular complexity index is 321. The lowest BCUT2D eigenvalue weighted by Gasteiger charge is -2.53. The smallest absolute Gasteiger partial charge is 0.169 e. The highest BCUT2D eigenvalue weighted by molar-refractivity contribution is 5.97. The van der Waals surface area contributed by atoms with Crippen molar-refractivity contribution in [2.45, 2.75) is 64.4 Å². The fourth-order valence-electron chi connectivity index (χ4n) is 3.36. The van der Waals surface area contributed by atoms with Crippen LogP contribution in [0.3, 0.4) is 0 Å². The van der Waals surface area contributed by atoms with Gasteiger partial charge in [0.1, 0.15) is 5.60 Å². The second-order valence-electron chi connectivity index (χ2n) is 5.70. The maximum Gasteiger partial charge on any atom is 0.169 e. The SMILES string of the molecule is CCCCOC12CCC=CC1C(CCCC)C2=O. The number of hydrogen-bond acceptors (Lipinski definition) is 2. The van der Waals surface area contributed by atoms with Gasteiger partial charge in [-0.05, 0) is 25.7 Å². The number of carbonyl (C=O) groups excluding carboxylic acids is 1. The van der Waals surface area contributed by atoms with Crippen LogP contribution in [-0.4, -0.2) is 18.0 Å². The number of Topliss-reactive ketones (excluding diaryl/α,β-unsaturated/α-hetero) is 1. The molecule has 0 aromatic rings. The van der Waals surface area contributed by atoms with Gasteiger partial charge in [-0.15, -0.1) is 0 Å². The lowest BCUT2D eigenvalue weighted by Crippen LogP contribution is -2.65. The number of ether oxygens (including phenoxy) is 1. The van der Waals surface area contributed by atoms with Crippen LogP contribution in [0.2, 0.25) is 0 Å². The summed E-state index contributed by atoms with van der Waals surface area (Å²) in [6.45, 7) is 5.09. The zero-order valence-corrected chi connectivity index (χ0v) is 11.8. The molecule has 1 fully saturated rings. The molecule has 0 spiro atoms. The van der Waals surface area contributed by atoms with Gasteiger partial charge in [0.2, 0.25) is 0 Å². The molecule has 0 bridgehead atoms. The molecule has 0 N–H and O–H groups in total. The highest BCUT2D eigenvalue weighted by Crippen LogP contribution is 2.51. The second-order valence-corrected chi connectivity index (χ2v) is 5.70. The highest BCUT2D eigenvalue weighted by Gasteiger charge is 2.61. The lowest BCUT2D eigenvalue weighted by molar-refractivity contribution is -0.188. The topological polar surface area (TPSA) is 26.3 Å². The largest absolute Gasteiger partial charge is 0.367 e. The molecule has 2 aliphatic rings. The standard InChI is InChI=1S/C16H26O2/c1-3-5-9-13-14-10-7-8-11-16(14,15(13)17)18-12-6-4-2/h7,10,13-14H,3-6,8-9,11-12H2,1-2H3. The molecule has 0 aliphatic heterocycles. The summed E-state index contributed by atoms with van der Waals surface area (Å²) in [6, 6.07) is 0. The van der Waals surface area contributed by atoms with E-state index in [-0.39, 0.29) is 5.92 Å². The molecule has 0 heterocycles. The average Bonchev–Trinajstić information content (AvgIpc) is 2.40. The Labute approximate surface area is 111 Å². The van der Waals surface area contributed by atoms with Crippen LogP contribution in [0.25, 0.3) is 0 Å². The Balaban J connectivity index is 2.00. The van der Waals surface area contributed by atoms with Gasteiger partial charge in [-0.25, -0.2) is 0 Å². The quantitative estimate of drug-likeness (QED) is 0.506. The van der Waals surface area contributed by atoms with Crippen molar-refractivity contribution in [2.24, 2.45) is 11.8 Å². The monoisotopic (exact) mass is 250 g/mol. The van der Waals surface area contributed by atoms with Crippen LogP contribution in [0.4, 0.5) is 0 Å². The van der Waals surface area contributed by atoms with Gasteiger partial charge < -0.3 is 4.74 Å². The van der Waals surface area contributed by atoms with Crippen LogP contribution in [0.5, 0.6) is 0 Å². The average molecular weight is 250 g/mol. The molecule has 0 aromatic heterocycles. The predicted octanol–water partition coefficient (Wildman–Crippen LogP) is 3.90. The van der Waals surface area contributed by atoms with E-state index in [9.17, 15) is 4.79 Å². The second kappa shape index (κ2) is 6.01. The molecule has 0 amide bonds. The molecule has 3 unspecified atom stereocenters. The lowest BCUT2D eigenvalue weighted by atomic mass is 9.55. The van der Waals surface area contributed by atoms with Crippen molar-refractivity contribution in [3.63, 3.8) is 0 Å². The van der Waals surface area contributed by atoms with E-state index < -0.39 is 5.60 Å². The van der Waals surface area contributed by atoms with Gasteiger partial charge in [0, 0.05) is 18.4 Å². The summed E-state index contributed by atoms with van der Waals surface area (Å²) in [5.74, 6) is 0.992. The maximum atomic E-state index is 12.5. The first kappa shape index (κ1) is 13.8. The Morgan fingerprint density at radius 3 is 2.83 bits per heavy atom. The van der Waals surface area contributed by atoms with Gasteiger partial charge in [-0.1, -0.05) is 45.3 Å². The van der Waals surface area contributed by atoms with E-state index >= 15 is 0 Å². The van der Waals surface area contributed by atoms with E-state index in [4.69, 9.17) is 4.74 Å². The van der Waals surface area contributed by atoms with Crippen molar-refractivity contribution in [1.29, 1.82) is 0 Å². The van der Waals surface area contributed by atoms with E-state index in [1.165, 1.54) is 6.42 Å². The highest BCUT2D eigenvalue weighted by atomic mass is 16.5. The summed E-state index contributed by atoms with van der Waals surface area (Å²) in [6.07, 6.45) is 11.9. The Morgan fingerprint density at radius 2 is 2.11 bits per heavy atom. The number of hydrogen-bond donors (Lipinski definition) is 0. The molecule has 0 aromatic carbocycles. The first-order valence-electron chi connectivity index (χ1n) is 7.61.